The predicted molar refractivity (Wildman–Crippen MR) is 275 cm³/mol. The molecule has 1 fully saturated rings. The maximum Gasteiger partial charge on any atom is 0.335 e. The summed E-state index contributed by atoms with van der Waals surface area (Å²) < 4.78 is 28.3. The van der Waals surface area contributed by atoms with Gasteiger partial charge in [-0.2, -0.15) is 0 Å². The Labute approximate surface area is 417 Å². The Hall–Kier alpha value is -3.58. The largest absolute Gasteiger partial charge is 0.479 e. The molecule has 1 aliphatic rings. The van der Waals surface area contributed by atoms with Gasteiger partial charge in [-0.25, -0.2) is 4.79 Å². The van der Waals surface area contributed by atoms with E-state index in [1.54, 1.807) is 0 Å². The number of allylic oxidation sites excluding steroid dienone is 10. The fourth-order valence-electron chi connectivity index (χ4n) is 7.88. The van der Waals surface area contributed by atoms with Crippen molar-refractivity contribution in [3.63, 3.8) is 0 Å². The van der Waals surface area contributed by atoms with E-state index in [4.69, 9.17) is 23.7 Å². The summed E-state index contributed by atoms with van der Waals surface area (Å²) >= 11 is 0. The zero-order valence-corrected chi connectivity index (χ0v) is 43.3. The third kappa shape index (κ3) is 36.1. The molecule has 0 saturated carbocycles. The highest BCUT2D eigenvalue weighted by Crippen LogP contribution is 2.26. The third-order valence-corrected chi connectivity index (χ3v) is 12.1. The zero-order chi connectivity index (χ0) is 50.4. The normalized spacial score (nSPS) is 19.1. The number of hydrogen-bond acceptors (Lipinski definition) is 11. The minimum Gasteiger partial charge on any atom is -0.479 e. The number of aliphatic hydroxyl groups excluding tert-OH is 2. The summed E-state index contributed by atoms with van der Waals surface area (Å²) in [7, 11) is 0. The van der Waals surface area contributed by atoms with E-state index in [1.165, 1.54) is 64.2 Å². The SMILES string of the molecule is CC/C=C\C/C=C\C/C=C\C/C=C\CCCCC(=O)OCC(COC1OC(C(=O)O)C(O)C(O)C1OC(=O)CCCCCCCCCCCCC)OC(=O)CCCCCCC/C=C\CCCCCC. The molecule has 0 radical (unpaired) electrons. The van der Waals surface area contributed by atoms with Crippen LogP contribution >= 0.6 is 0 Å². The van der Waals surface area contributed by atoms with Crippen molar-refractivity contribution in [3.05, 3.63) is 60.8 Å². The fraction of sp³-hybridized carbons (Fsp3) is 0.754. The highest BCUT2D eigenvalue weighted by atomic mass is 16.7. The van der Waals surface area contributed by atoms with Gasteiger partial charge in [-0.15, -0.1) is 0 Å². The molecule has 3 N–H and O–H groups in total. The number of carboxylic acid groups (broad SMARTS) is 1. The lowest BCUT2D eigenvalue weighted by Crippen LogP contribution is -2.61. The molecular formula is C57H96O12. The molecule has 69 heavy (non-hydrogen) atoms. The van der Waals surface area contributed by atoms with Crippen LogP contribution in [0.25, 0.3) is 0 Å². The number of carbonyl (C=O) groups is 4. The van der Waals surface area contributed by atoms with E-state index >= 15 is 0 Å². The Kier molecular flexibility index (Phi) is 41.9. The number of carboxylic acids is 1. The number of unbranched alkanes of at least 4 members (excludes halogenated alkanes) is 21. The highest BCUT2D eigenvalue weighted by Gasteiger charge is 2.50. The van der Waals surface area contributed by atoms with Gasteiger partial charge in [0.15, 0.2) is 24.6 Å². The van der Waals surface area contributed by atoms with Crippen LogP contribution in [0.3, 0.4) is 0 Å². The summed E-state index contributed by atoms with van der Waals surface area (Å²) in [4.78, 5) is 50.9. The van der Waals surface area contributed by atoms with Gasteiger partial charge in [-0.05, 0) is 83.5 Å². The number of rotatable bonds is 45. The number of aliphatic carboxylic acids is 1. The van der Waals surface area contributed by atoms with Crippen molar-refractivity contribution in [1.29, 1.82) is 0 Å². The summed E-state index contributed by atoms with van der Waals surface area (Å²) in [6, 6.07) is 0. The summed E-state index contributed by atoms with van der Waals surface area (Å²) in [5.41, 5.74) is 0. The van der Waals surface area contributed by atoms with E-state index in [9.17, 15) is 34.5 Å². The van der Waals surface area contributed by atoms with Gasteiger partial charge in [-0.1, -0.05) is 184 Å². The minimum absolute atomic E-state index is 0.0568. The van der Waals surface area contributed by atoms with Gasteiger partial charge in [0.25, 0.3) is 0 Å². The minimum atomic E-state index is -1.91. The van der Waals surface area contributed by atoms with Gasteiger partial charge >= 0.3 is 23.9 Å². The molecule has 0 spiro atoms. The second kappa shape index (κ2) is 45.6. The molecule has 1 aliphatic heterocycles. The standard InChI is InChI=1S/C57H96O12/c1-4-7-10-13-16-19-22-24-25-27-29-31-34-37-40-43-49(58)65-46-48(67-50(59)44-41-38-35-33-30-26-23-20-17-14-11-8-5-2)47-66-57-55(53(62)52(61)54(69-57)56(63)64)68-51(60)45-42-39-36-32-28-21-18-15-12-9-6-3/h7,10,16,19-20,23-25,29,31,48,52-55,57,61-62H,4-6,8-9,11-15,17-18,21-22,26-28,30,32-47H2,1-3H3,(H,63,64)/b10-7-,19-16-,23-20-,25-24-,31-29-. The van der Waals surface area contributed by atoms with Crippen LogP contribution in [-0.4, -0.2) is 89.2 Å². The van der Waals surface area contributed by atoms with Crippen LogP contribution in [0.4, 0.5) is 0 Å². The molecular weight excluding hydrogens is 877 g/mol. The van der Waals surface area contributed by atoms with Crippen molar-refractivity contribution >= 4 is 23.9 Å². The van der Waals surface area contributed by atoms with Crippen LogP contribution in [0.1, 0.15) is 226 Å². The summed E-state index contributed by atoms with van der Waals surface area (Å²) in [5.74, 6) is -3.18. The van der Waals surface area contributed by atoms with Gasteiger partial charge in [0.05, 0.1) is 6.61 Å². The third-order valence-electron chi connectivity index (χ3n) is 12.1. The lowest BCUT2D eigenvalue weighted by atomic mass is 9.98. The van der Waals surface area contributed by atoms with Gasteiger partial charge in [0, 0.05) is 19.3 Å². The summed E-state index contributed by atoms with van der Waals surface area (Å²) in [5, 5.41) is 31.3. The Balaban J connectivity index is 2.76. The molecule has 0 bridgehead atoms. The van der Waals surface area contributed by atoms with Crippen LogP contribution < -0.4 is 0 Å². The van der Waals surface area contributed by atoms with E-state index in [0.29, 0.717) is 19.3 Å². The van der Waals surface area contributed by atoms with E-state index in [-0.39, 0.29) is 25.9 Å². The molecule has 1 saturated heterocycles. The first kappa shape index (κ1) is 63.4. The van der Waals surface area contributed by atoms with Gasteiger partial charge in [0.2, 0.25) is 0 Å². The Bertz CT molecular complexity index is 1440. The van der Waals surface area contributed by atoms with Crippen LogP contribution in [0.5, 0.6) is 0 Å². The molecule has 12 heteroatoms. The van der Waals surface area contributed by atoms with Crippen molar-refractivity contribution in [3.8, 4) is 0 Å². The first-order valence-electron chi connectivity index (χ1n) is 27.3. The quantitative estimate of drug-likeness (QED) is 0.0228. The predicted octanol–water partition coefficient (Wildman–Crippen LogP) is 13.2. The molecule has 6 atom stereocenters. The second-order valence-electron chi connectivity index (χ2n) is 18.5. The Morgan fingerprint density at radius 2 is 0.913 bits per heavy atom. The Morgan fingerprint density at radius 3 is 1.45 bits per heavy atom. The molecule has 1 rings (SSSR count). The highest BCUT2D eigenvalue weighted by molar-refractivity contribution is 5.74. The van der Waals surface area contributed by atoms with Gasteiger partial charge in [-0.3, -0.25) is 14.4 Å². The first-order valence-corrected chi connectivity index (χ1v) is 27.3. The average molecular weight is 973 g/mol. The van der Waals surface area contributed by atoms with Crippen molar-refractivity contribution in [1.82, 2.24) is 0 Å². The number of aliphatic hydroxyl groups is 2. The second-order valence-corrected chi connectivity index (χ2v) is 18.5. The molecule has 6 unspecified atom stereocenters. The average Bonchev–Trinajstić information content (AvgIpc) is 3.33. The van der Waals surface area contributed by atoms with Crippen molar-refractivity contribution < 1.29 is 58.2 Å². The maximum atomic E-state index is 13.1. The maximum absolute atomic E-state index is 13.1. The fourth-order valence-corrected chi connectivity index (χ4v) is 7.88. The van der Waals surface area contributed by atoms with Gasteiger partial charge < -0.3 is 39.0 Å². The molecule has 396 valence electrons. The number of hydrogen-bond donors (Lipinski definition) is 3. The molecule has 0 amide bonds. The van der Waals surface area contributed by atoms with E-state index in [1.807, 2.05) is 0 Å². The number of carbonyl (C=O) groups excluding carboxylic acids is 3. The first-order chi connectivity index (χ1) is 33.6. The van der Waals surface area contributed by atoms with Crippen LogP contribution in [0.2, 0.25) is 0 Å². The van der Waals surface area contributed by atoms with Gasteiger partial charge in [0.1, 0.15) is 18.8 Å². The molecule has 1 heterocycles. The summed E-state index contributed by atoms with van der Waals surface area (Å²) in [6.45, 7) is 5.79. The number of esters is 3. The monoisotopic (exact) mass is 973 g/mol. The topological polar surface area (TPSA) is 175 Å². The smallest absolute Gasteiger partial charge is 0.335 e. The lowest BCUT2D eigenvalue weighted by Gasteiger charge is -2.40. The van der Waals surface area contributed by atoms with E-state index in [2.05, 4.69) is 81.5 Å². The molecule has 12 nitrogen and oxygen atoms in total. The molecule has 0 aromatic heterocycles. The molecule has 0 aromatic rings. The number of ether oxygens (including phenoxy) is 5. The molecule has 0 aromatic carbocycles. The van der Waals surface area contributed by atoms with E-state index < -0.39 is 67.3 Å². The van der Waals surface area contributed by atoms with E-state index in [0.717, 1.165) is 103 Å². The van der Waals surface area contributed by atoms with Crippen molar-refractivity contribution in [2.75, 3.05) is 13.2 Å². The van der Waals surface area contributed by atoms with Crippen molar-refractivity contribution in [2.45, 2.75) is 263 Å². The van der Waals surface area contributed by atoms with Crippen molar-refractivity contribution in [2.24, 2.45) is 0 Å². The Morgan fingerprint density at radius 1 is 0.493 bits per heavy atom. The zero-order valence-electron chi connectivity index (χ0n) is 43.3. The molecule has 0 aliphatic carbocycles. The summed E-state index contributed by atoms with van der Waals surface area (Å²) in [6.07, 6.45) is 42.1. The lowest BCUT2D eigenvalue weighted by molar-refractivity contribution is -0.301. The van der Waals surface area contributed by atoms with Crippen LogP contribution in [0.15, 0.2) is 60.8 Å². The van der Waals surface area contributed by atoms with Crippen LogP contribution in [0, 0.1) is 0 Å². The van der Waals surface area contributed by atoms with Crippen LogP contribution in [-0.2, 0) is 42.9 Å².